The number of nitrogens with zero attached hydrogens (tertiary/aromatic N) is 1. The van der Waals surface area contributed by atoms with Crippen LogP contribution in [0.25, 0.3) is 22.2 Å². The number of nitriles is 1. The molecule has 3 aromatic rings. The minimum Gasteiger partial charge on any atom is -0.497 e. The second-order valence-corrected chi connectivity index (χ2v) is 4.26. The van der Waals surface area contributed by atoms with Crippen LogP contribution in [0.2, 0.25) is 0 Å². The molecule has 3 nitrogen and oxygen atoms in total. The third kappa shape index (κ3) is 1.84. The molecule has 19 heavy (non-hydrogen) atoms. The first-order valence-electron chi connectivity index (χ1n) is 5.98. The first-order chi connectivity index (χ1) is 9.33. The van der Waals surface area contributed by atoms with Crippen molar-refractivity contribution < 1.29 is 4.74 Å². The van der Waals surface area contributed by atoms with E-state index in [-0.39, 0.29) is 0 Å². The fourth-order valence-electron chi connectivity index (χ4n) is 2.24. The lowest BCUT2D eigenvalue weighted by atomic mass is 10.1. The largest absolute Gasteiger partial charge is 0.497 e. The summed E-state index contributed by atoms with van der Waals surface area (Å²) in [5, 5.41) is 10.3. The standard InChI is InChI=1S/C16H12N2O/c1-19-12-7-8-15-13(9-12)14(10-17)16(18-15)11-5-3-2-4-6-11/h2-9,18H,1H3. The first-order valence-corrected chi connectivity index (χ1v) is 5.98. The van der Waals surface area contributed by atoms with Crippen LogP contribution in [0.15, 0.2) is 48.5 Å². The van der Waals surface area contributed by atoms with E-state index >= 15 is 0 Å². The molecule has 0 spiro atoms. The predicted octanol–water partition coefficient (Wildman–Crippen LogP) is 3.72. The van der Waals surface area contributed by atoms with Crippen molar-refractivity contribution in [1.82, 2.24) is 4.98 Å². The van der Waals surface area contributed by atoms with Gasteiger partial charge in [0.25, 0.3) is 0 Å². The number of fused-ring (bicyclic) bond motifs is 1. The lowest BCUT2D eigenvalue weighted by Gasteiger charge is -1.98. The average molecular weight is 248 g/mol. The molecule has 1 heterocycles. The van der Waals surface area contributed by atoms with Crippen molar-refractivity contribution in [3.63, 3.8) is 0 Å². The summed E-state index contributed by atoms with van der Waals surface area (Å²) in [6.45, 7) is 0. The quantitative estimate of drug-likeness (QED) is 0.751. The van der Waals surface area contributed by atoms with Gasteiger partial charge in [0.15, 0.2) is 0 Å². The molecule has 3 heteroatoms. The molecule has 0 aliphatic carbocycles. The van der Waals surface area contributed by atoms with Gasteiger partial charge in [-0.3, -0.25) is 0 Å². The van der Waals surface area contributed by atoms with Gasteiger partial charge in [-0.25, -0.2) is 0 Å². The minimum absolute atomic E-state index is 0.653. The molecule has 1 aromatic heterocycles. The highest BCUT2D eigenvalue weighted by Crippen LogP contribution is 2.31. The van der Waals surface area contributed by atoms with Crippen LogP contribution < -0.4 is 4.74 Å². The molecule has 0 fully saturated rings. The van der Waals surface area contributed by atoms with Gasteiger partial charge in [0, 0.05) is 10.9 Å². The van der Waals surface area contributed by atoms with E-state index in [1.165, 1.54) is 0 Å². The summed E-state index contributed by atoms with van der Waals surface area (Å²) in [4.78, 5) is 3.30. The van der Waals surface area contributed by atoms with Gasteiger partial charge in [0.05, 0.1) is 18.4 Å². The van der Waals surface area contributed by atoms with Crippen molar-refractivity contribution in [3.05, 3.63) is 54.1 Å². The monoisotopic (exact) mass is 248 g/mol. The van der Waals surface area contributed by atoms with Gasteiger partial charge >= 0.3 is 0 Å². The van der Waals surface area contributed by atoms with Gasteiger partial charge in [0.2, 0.25) is 0 Å². The Kier molecular flexibility index (Phi) is 2.70. The van der Waals surface area contributed by atoms with E-state index in [0.717, 1.165) is 27.9 Å². The van der Waals surface area contributed by atoms with Gasteiger partial charge in [0.1, 0.15) is 11.8 Å². The summed E-state index contributed by atoms with van der Waals surface area (Å²) in [5.74, 6) is 0.752. The molecule has 0 bridgehead atoms. The Bertz CT molecular complexity index is 767. The Hall–Kier alpha value is -2.73. The third-order valence-electron chi connectivity index (χ3n) is 3.18. The molecule has 0 unspecified atom stereocenters. The summed E-state index contributed by atoms with van der Waals surface area (Å²) in [7, 11) is 1.62. The second-order valence-electron chi connectivity index (χ2n) is 4.26. The molecule has 0 aliphatic heterocycles. The van der Waals surface area contributed by atoms with E-state index in [0.29, 0.717) is 5.56 Å². The predicted molar refractivity (Wildman–Crippen MR) is 75.0 cm³/mol. The zero-order valence-electron chi connectivity index (χ0n) is 10.5. The highest BCUT2D eigenvalue weighted by molar-refractivity contribution is 5.94. The van der Waals surface area contributed by atoms with Crippen LogP contribution in [0.5, 0.6) is 5.75 Å². The van der Waals surface area contributed by atoms with Crippen molar-refractivity contribution in [3.8, 4) is 23.1 Å². The Morgan fingerprint density at radius 1 is 1.11 bits per heavy atom. The van der Waals surface area contributed by atoms with E-state index in [1.807, 2.05) is 48.5 Å². The molecule has 1 N–H and O–H groups in total. The van der Waals surface area contributed by atoms with E-state index in [9.17, 15) is 5.26 Å². The number of H-pyrrole nitrogens is 1. The number of benzene rings is 2. The maximum Gasteiger partial charge on any atom is 0.119 e. The van der Waals surface area contributed by atoms with Crippen LogP contribution in [-0.4, -0.2) is 12.1 Å². The van der Waals surface area contributed by atoms with Gasteiger partial charge < -0.3 is 9.72 Å². The van der Waals surface area contributed by atoms with E-state index in [4.69, 9.17) is 4.74 Å². The van der Waals surface area contributed by atoms with Crippen LogP contribution in [0, 0.1) is 11.3 Å². The van der Waals surface area contributed by atoms with E-state index in [2.05, 4.69) is 11.1 Å². The molecule has 0 aliphatic rings. The summed E-state index contributed by atoms with van der Waals surface area (Å²) in [6, 6.07) is 17.8. The Balaban J connectivity index is 2.30. The SMILES string of the molecule is COc1ccc2[nH]c(-c3ccccc3)c(C#N)c2c1. The number of rotatable bonds is 2. The first kappa shape index (κ1) is 11.4. The number of hydrogen-bond acceptors (Lipinski definition) is 2. The maximum atomic E-state index is 9.42. The Labute approximate surface area is 111 Å². The summed E-state index contributed by atoms with van der Waals surface area (Å²) >= 11 is 0. The topological polar surface area (TPSA) is 48.8 Å². The fourth-order valence-corrected chi connectivity index (χ4v) is 2.24. The number of methoxy groups -OCH3 is 1. The zero-order valence-corrected chi connectivity index (χ0v) is 10.5. The van der Waals surface area contributed by atoms with Crippen molar-refractivity contribution in [2.75, 3.05) is 7.11 Å². The Morgan fingerprint density at radius 3 is 2.58 bits per heavy atom. The van der Waals surface area contributed by atoms with Crippen LogP contribution >= 0.6 is 0 Å². The second kappa shape index (κ2) is 4.51. The third-order valence-corrected chi connectivity index (χ3v) is 3.18. The number of aromatic amines is 1. The zero-order chi connectivity index (χ0) is 13.2. The number of nitrogens with one attached hydrogen (secondary N) is 1. The van der Waals surface area contributed by atoms with Crippen LogP contribution in [0.4, 0.5) is 0 Å². The van der Waals surface area contributed by atoms with Crippen LogP contribution in [0.1, 0.15) is 5.56 Å². The highest BCUT2D eigenvalue weighted by atomic mass is 16.5. The van der Waals surface area contributed by atoms with Crippen LogP contribution in [0.3, 0.4) is 0 Å². The molecule has 0 saturated carbocycles. The summed E-state index contributed by atoms with van der Waals surface area (Å²) in [5.41, 5.74) is 3.46. The number of hydrogen-bond donors (Lipinski definition) is 1. The van der Waals surface area contributed by atoms with E-state index < -0.39 is 0 Å². The van der Waals surface area contributed by atoms with Crippen molar-refractivity contribution in [2.45, 2.75) is 0 Å². The lowest BCUT2D eigenvalue weighted by Crippen LogP contribution is -1.82. The minimum atomic E-state index is 0.653. The van der Waals surface area contributed by atoms with Gasteiger partial charge in [-0.15, -0.1) is 0 Å². The number of aromatic nitrogens is 1. The van der Waals surface area contributed by atoms with E-state index in [1.54, 1.807) is 7.11 Å². The molecule has 92 valence electrons. The lowest BCUT2D eigenvalue weighted by molar-refractivity contribution is 0.415. The maximum absolute atomic E-state index is 9.42. The molecular weight excluding hydrogens is 236 g/mol. The molecule has 0 radical (unpaired) electrons. The molecule has 3 rings (SSSR count). The summed E-state index contributed by atoms with van der Waals surface area (Å²) in [6.07, 6.45) is 0. The Morgan fingerprint density at radius 2 is 1.89 bits per heavy atom. The molecular formula is C16H12N2O. The highest BCUT2D eigenvalue weighted by Gasteiger charge is 2.13. The fraction of sp³-hybridized carbons (Fsp3) is 0.0625. The van der Waals surface area contributed by atoms with Crippen molar-refractivity contribution in [2.24, 2.45) is 0 Å². The molecule has 0 atom stereocenters. The van der Waals surface area contributed by atoms with Gasteiger partial charge in [-0.1, -0.05) is 30.3 Å². The molecule has 2 aromatic carbocycles. The van der Waals surface area contributed by atoms with Crippen molar-refractivity contribution in [1.29, 1.82) is 5.26 Å². The van der Waals surface area contributed by atoms with Crippen LogP contribution in [-0.2, 0) is 0 Å². The molecule has 0 amide bonds. The number of ether oxygens (including phenoxy) is 1. The average Bonchev–Trinajstić information content (AvgIpc) is 2.85. The van der Waals surface area contributed by atoms with Gasteiger partial charge in [-0.2, -0.15) is 5.26 Å². The summed E-state index contributed by atoms with van der Waals surface area (Å²) < 4.78 is 5.21. The van der Waals surface area contributed by atoms with Crippen molar-refractivity contribution >= 4 is 10.9 Å². The molecule has 0 saturated heterocycles. The normalized spacial score (nSPS) is 10.3. The van der Waals surface area contributed by atoms with Gasteiger partial charge in [-0.05, 0) is 23.8 Å². The smallest absolute Gasteiger partial charge is 0.119 e.